The van der Waals surface area contributed by atoms with Gasteiger partial charge in [-0.05, 0) is 36.3 Å². The maximum absolute atomic E-state index is 10.8. The first-order valence-electron chi connectivity index (χ1n) is 5.66. The molecule has 0 heterocycles. The van der Waals surface area contributed by atoms with E-state index in [1.807, 2.05) is 24.3 Å². The molecule has 0 aliphatic rings. The maximum atomic E-state index is 10.8. The summed E-state index contributed by atoms with van der Waals surface area (Å²) >= 11 is 5.07. The lowest BCUT2D eigenvalue weighted by Crippen LogP contribution is -2.28. The van der Waals surface area contributed by atoms with Crippen LogP contribution in [-0.2, 0) is 16.4 Å². The van der Waals surface area contributed by atoms with Crippen LogP contribution < -0.4 is 15.8 Å². The minimum atomic E-state index is -3.42. The van der Waals surface area contributed by atoms with Crippen molar-refractivity contribution in [1.82, 2.24) is 5.32 Å². The number of rotatable bonds is 6. The lowest BCUT2D eigenvalue weighted by molar-refractivity contribution is 0.597. The summed E-state index contributed by atoms with van der Waals surface area (Å²) in [7, 11) is -3.42. The number of aryl methyl sites for hydroxylation is 1. The minimum absolute atomic E-state index is 0.0565. The molecular formula is C12H17N3O2S2. The topological polar surface area (TPSA) is 84.2 Å². The minimum Gasteiger partial charge on any atom is -0.359 e. The van der Waals surface area contributed by atoms with Gasteiger partial charge in [0.2, 0.25) is 10.0 Å². The van der Waals surface area contributed by atoms with Crippen LogP contribution >= 0.6 is 12.2 Å². The van der Waals surface area contributed by atoms with Crippen molar-refractivity contribution in [3.63, 3.8) is 0 Å². The molecule has 0 aliphatic heterocycles. The van der Waals surface area contributed by atoms with Crippen molar-refractivity contribution in [3.05, 3.63) is 42.5 Å². The third kappa shape index (κ3) is 6.90. The van der Waals surface area contributed by atoms with Crippen LogP contribution in [0.15, 0.2) is 36.9 Å². The van der Waals surface area contributed by atoms with E-state index in [2.05, 4.69) is 17.2 Å². The predicted molar refractivity (Wildman–Crippen MR) is 82.5 cm³/mol. The third-order valence-electron chi connectivity index (χ3n) is 2.29. The highest BCUT2D eigenvalue weighted by atomic mass is 32.2. The lowest BCUT2D eigenvalue weighted by atomic mass is 10.1. The van der Waals surface area contributed by atoms with Crippen LogP contribution in [0.2, 0.25) is 0 Å². The molecule has 1 rings (SSSR count). The molecule has 4 N–H and O–H groups in total. The summed E-state index contributed by atoms with van der Waals surface area (Å²) in [4.78, 5) is 0. The van der Waals surface area contributed by atoms with Gasteiger partial charge < -0.3 is 10.6 Å². The van der Waals surface area contributed by atoms with Gasteiger partial charge in [0.05, 0.1) is 5.75 Å². The van der Waals surface area contributed by atoms with Gasteiger partial charge in [0.1, 0.15) is 0 Å². The Morgan fingerprint density at radius 1 is 1.37 bits per heavy atom. The molecule has 0 bridgehead atoms. The van der Waals surface area contributed by atoms with Crippen LogP contribution in [0.25, 0.3) is 0 Å². The van der Waals surface area contributed by atoms with Crippen molar-refractivity contribution < 1.29 is 8.42 Å². The van der Waals surface area contributed by atoms with E-state index in [1.54, 1.807) is 6.08 Å². The Labute approximate surface area is 118 Å². The molecule has 0 saturated carbocycles. The highest BCUT2D eigenvalue weighted by Gasteiger charge is 2.03. The second-order valence-electron chi connectivity index (χ2n) is 3.94. The summed E-state index contributed by atoms with van der Waals surface area (Å²) in [6, 6.07) is 7.34. The molecule has 0 amide bonds. The Morgan fingerprint density at radius 3 is 2.53 bits per heavy atom. The summed E-state index contributed by atoms with van der Waals surface area (Å²) in [6.45, 7) is 4.18. The van der Waals surface area contributed by atoms with Crippen LogP contribution in [0.3, 0.4) is 0 Å². The summed E-state index contributed by atoms with van der Waals surface area (Å²) in [6.07, 6.45) is 2.11. The summed E-state index contributed by atoms with van der Waals surface area (Å²) in [5.41, 5.74) is 1.74. The maximum Gasteiger partial charge on any atom is 0.209 e. The fourth-order valence-corrected chi connectivity index (χ4v) is 2.08. The van der Waals surface area contributed by atoms with E-state index in [4.69, 9.17) is 17.4 Å². The molecule has 19 heavy (non-hydrogen) atoms. The van der Waals surface area contributed by atoms with E-state index in [0.29, 0.717) is 18.1 Å². The molecule has 0 saturated heterocycles. The average Bonchev–Trinajstić information content (AvgIpc) is 2.34. The molecule has 0 atom stereocenters. The zero-order valence-electron chi connectivity index (χ0n) is 10.4. The Kier molecular flexibility index (Phi) is 5.94. The molecule has 0 fully saturated rings. The first-order chi connectivity index (χ1) is 8.90. The summed E-state index contributed by atoms with van der Waals surface area (Å²) in [5, 5.41) is 11.4. The number of sulfonamides is 1. The van der Waals surface area contributed by atoms with Crippen molar-refractivity contribution in [2.45, 2.75) is 6.42 Å². The molecule has 7 heteroatoms. The monoisotopic (exact) mass is 299 g/mol. The zero-order valence-corrected chi connectivity index (χ0v) is 12.1. The second kappa shape index (κ2) is 7.22. The fraction of sp³-hybridized carbons (Fsp3) is 0.250. The van der Waals surface area contributed by atoms with Gasteiger partial charge in [-0.15, -0.1) is 6.58 Å². The molecule has 0 aromatic heterocycles. The number of anilines is 1. The van der Waals surface area contributed by atoms with Gasteiger partial charge in [0.15, 0.2) is 5.11 Å². The molecule has 1 aromatic carbocycles. The highest BCUT2D eigenvalue weighted by molar-refractivity contribution is 7.89. The molecule has 0 aliphatic carbocycles. The summed E-state index contributed by atoms with van der Waals surface area (Å²) < 4.78 is 21.7. The van der Waals surface area contributed by atoms with Gasteiger partial charge in [0.25, 0.3) is 0 Å². The Balaban J connectivity index is 2.52. The van der Waals surface area contributed by atoms with Crippen molar-refractivity contribution in [2.24, 2.45) is 5.14 Å². The molecule has 5 nitrogen and oxygen atoms in total. The number of nitrogens with two attached hydrogens (primary N) is 1. The predicted octanol–water partition coefficient (Wildman–Crippen LogP) is 0.990. The van der Waals surface area contributed by atoms with Crippen molar-refractivity contribution in [2.75, 3.05) is 17.6 Å². The average molecular weight is 299 g/mol. The molecular weight excluding hydrogens is 282 g/mol. The van der Waals surface area contributed by atoms with Crippen molar-refractivity contribution in [1.29, 1.82) is 0 Å². The molecule has 0 unspecified atom stereocenters. The number of thiocarbonyl (C=S) groups is 1. The van der Waals surface area contributed by atoms with E-state index >= 15 is 0 Å². The lowest BCUT2D eigenvalue weighted by Gasteiger charge is -2.09. The summed E-state index contributed by atoms with van der Waals surface area (Å²) in [5.74, 6) is -0.0565. The number of primary sulfonamides is 1. The molecule has 1 aromatic rings. The number of benzene rings is 1. The van der Waals surface area contributed by atoms with Gasteiger partial charge >= 0.3 is 0 Å². The van der Waals surface area contributed by atoms with Crippen LogP contribution in [0.5, 0.6) is 0 Å². The zero-order chi connectivity index (χ0) is 14.3. The quantitative estimate of drug-likeness (QED) is 0.539. The van der Waals surface area contributed by atoms with Crippen LogP contribution in [0, 0.1) is 0 Å². The van der Waals surface area contributed by atoms with Crippen molar-refractivity contribution >= 4 is 33.0 Å². The van der Waals surface area contributed by atoms with E-state index in [1.165, 1.54) is 0 Å². The number of hydrogen-bond donors (Lipinski definition) is 3. The van der Waals surface area contributed by atoms with E-state index in [9.17, 15) is 8.42 Å². The van der Waals surface area contributed by atoms with Gasteiger partial charge in [-0.2, -0.15) is 0 Å². The Bertz CT molecular complexity index is 539. The van der Waals surface area contributed by atoms with Crippen molar-refractivity contribution in [3.8, 4) is 0 Å². The van der Waals surface area contributed by atoms with Gasteiger partial charge in [-0.3, -0.25) is 0 Å². The largest absolute Gasteiger partial charge is 0.359 e. The van der Waals surface area contributed by atoms with Crippen LogP contribution in [-0.4, -0.2) is 25.8 Å². The first kappa shape index (κ1) is 15.6. The third-order valence-corrected chi connectivity index (χ3v) is 3.31. The molecule has 104 valence electrons. The molecule has 0 radical (unpaired) electrons. The Morgan fingerprint density at radius 2 is 2.00 bits per heavy atom. The first-order valence-corrected chi connectivity index (χ1v) is 7.78. The number of hydrogen-bond acceptors (Lipinski definition) is 3. The van der Waals surface area contributed by atoms with Gasteiger partial charge in [-0.1, -0.05) is 18.2 Å². The molecule has 0 spiro atoms. The van der Waals surface area contributed by atoms with Gasteiger partial charge in [0, 0.05) is 12.2 Å². The number of nitrogens with one attached hydrogen (secondary N) is 2. The van der Waals surface area contributed by atoms with Gasteiger partial charge in [-0.25, -0.2) is 13.6 Å². The smallest absolute Gasteiger partial charge is 0.209 e. The SMILES string of the molecule is C=CCNC(=S)Nc1ccc(CCS(N)(=O)=O)cc1. The standard InChI is InChI=1S/C12H17N3O2S2/c1-2-8-14-12(18)15-11-5-3-10(4-6-11)7-9-19(13,16)17/h2-6H,1,7-9H2,(H2,13,16,17)(H2,14,15,18). The van der Waals surface area contributed by atoms with E-state index < -0.39 is 10.0 Å². The fourth-order valence-electron chi connectivity index (χ4n) is 1.36. The Hall–Kier alpha value is -1.44. The van der Waals surface area contributed by atoms with E-state index in [0.717, 1.165) is 11.3 Å². The normalized spacial score (nSPS) is 10.8. The van der Waals surface area contributed by atoms with E-state index in [-0.39, 0.29) is 5.75 Å². The second-order valence-corrected chi connectivity index (χ2v) is 6.08. The van der Waals surface area contributed by atoms with Crippen LogP contribution in [0.4, 0.5) is 5.69 Å². The van der Waals surface area contributed by atoms with Crippen LogP contribution in [0.1, 0.15) is 5.56 Å². The highest BCUT2D eigenvalue weighted by Crippen LogP contribution is 2.10.